The molecule has 1 aromatic heterocycles. The van der Waals surface area contributed by atoms with Crippen LogP contribution in [0.2, 0.25) is 0 Å². The minimum atomic E-state index is 0. The Hall–Kier alpha value is -1.58. The van der Waals surface area contributed by atoms with Gasteiger partial charge in [0.05, 0.1) is 19.3 Å². The number of halogens is 1. The number of hydrogen-bond donors (Lipinski definition) is 1. The second-order valence-corrected chi connectivity index (χ2v) is 8.33. The van der Waals surface area contributed by atoms with Crippen LogP contribution < -0.4 is 5.32 Å². The van der Waals surface area contributed by atoms with Crippen LogP contribution in [0, 0.1) is 12.8 Å². The molecule has 0 saturated carbocycles. The van der Waals surface area contributed by atoms with Crippen LogP contribution in [0.5, 0.6) is 0 Å². The average Bonchev–Trinajstić information content (AvgIpc) is 3.42. The van der Waals surface area contributed by atoms with Crippen LogP contribution in [0.3, 0.4) is 0 Å². The van der Waals surface area contributed by atoms with Crippen molar-refractivity contribution in [3.05, 3.63) is 59.5 Å². The Morgan fingerprint density at radius 3 is 2.58 bits per heavy atom. The van der Waals surface area contributed by atoms with Crippen LogP contribution in [0.1, 0.15) is 29.5 Å². The molecule has 2 unspecified atom stereocenters. The number of guanidine groups is 1. The van der Waals surface area contributed by atoms with E-state index in [1.54, 1.807) is 0 Å². The first-order valence-electron chi connectivity index (χ1n) is 11.1. The predicted octanol–water partition coefficient (Wildman–Crippen LogP) is 3.72. The van der Waals surface area contributed by atoms with Crippen molar-refractivity contribution in [3.63, 3.8) is 0 Å². The molecule has 6 nitrogen and oxygen atoms in total. The summed E-state index contributed by atoms with van der Waals surface area (Å²) in [5.41, 5.74) is 1.42. The normalized spacial score (nSPS) is 21.0. The molecule has 2 fully saturated rings. The van der Waals surface area contributed by atoms with E-state index in [1.807, 2.05) is 20.0 Å². The lowest BCUT2D eigenvalue weighted by Crippen LogP contribution is -2.47. The van der Waals surface area contributed by atoms with Crippen molar-refractivity contribution in [2.45, 2.75) is 25.8 Å². The molecule has 0 bridgehead atoms. The van der Waals surface area contributed by atoms with Crippen LogP contribution in [-0.4, -0.2) is 68.7 Å². The first-order valence-corrected chi connectivity index (χ1v) is 11.1. The van der Waals surface area contributed by atoms with E-state index in [-0.39, 0.29) is 30.0 Å². The summed E-state index contributed by atoms with van der Waals surface area (Å²) in [5, 5.41) is 3.63. The van der Waals surface area contributed by atoms with Crippen LogP contribution in [0.25, 0.3) is 0 Å². The molecule has 1 N–H and O–H groups in total. The van der Waals surface area contributed by atoms with Gasteiger partial charge in [0, 0.05) is 39.8 Å². The van der Waals surface area contributed by atoms with Crippen LogP contribution in [0.15, 0.2) is 51.9 Å². The van der Waals surface area contributed by atoms with Gasteiger partial charge in [-0.05, 0) is 43.4 Å². The molecule has 1 aromatic carbocycles. The molecule has 0 radical (unpaired) electrons. The molecule has 170 valence electrons. The van der Waals surface area contributed by atoms with Crippen LogP contribution in [0.4, 0.5) is 0 Å². The van der Waals surface area contributed by atoms with Gasteiger partial charge in [0.25, 0.3) is 0 Å². The number of morpholine rings is 1. The molecule has 3 heterocycles. The second-order valence-electron chi connectivity index (χ2n) is 8.33. The van der Waals surface area contributed by atoms with Gasteiger partial charge in [-0.1, -0.05) is 30.3 Å². The van der Waals surface area contributed by atoms with Gasteiger partial charge in [-0.15, -0.1) is 24.0 Å². The van der Waals surface area contributed by atoms with Crippen LogP contribution >= 0.6 is 24.0 Å². The lowest BCUT2D eigenvalue weighted by molar-refractivity contribution is 0.0123. The largest absolute Gasteiger partial charge is 0.465 e. The Balaban J connectivity index is 0.00000272. The number of aliphatic imine (C=N–C) groups is 1. The minimum absolute atomic E-state index is 0. The Labute approximate surface area is 203 Å². The molecule has 4 rings (SSSR count). The highest BCUT2D eigenvalue weighted by Gasteiger charge is 2.28. The fourth-order valence-corrected chi connectivity index (χ4v) is 4.59. The predicted molar refractivity (Wildman–Crippen MR) is 135 cm³/mol. The average molecular weight is 538 g/mol. The molecule has 0 spiro atoms. The van der Waals surface area contributed by atoms with E-state index < -0.39 is 0 Å². The number of nitrogens with zero attached hydrogens (tertiary/aromatic N) is 3. The highest BCUT2D eigenvalue weighted by atomic mass is 127. The highest BCUT2D eigenvalue weighted by molar-refractivity contribution is 14.0. The Kier molecular flexibility index (Phi) is 9.22. The monoisotopic (exact) mass is 538 g/mol. The highest BCUT2D eigenvalue weighted by Crippen LogP contribution is 2.24. The number of hydrogen-bond acceptors (Lipinski definition) is 4. The summed E-state index contributed by atoms with van der Waals surface area (Å²) in [6.07, 6.45) is 2.34. The van der Waals surface area contributed by atoms with Crippen molar-refractivity contribution < 1.29 is 9.15 Å². The summed E-state index contributed by atoms with van der Waals surface area (Å²) < 4.78 is 11.6. The standard InChI is InChI=1S/C24H34N4O2.HI/c1-19-8-9-23(30-19)22(27-12-14-29-15-13-27)17-26-24(25-2)28-11-10-21(18-28)16-20-6-4-3-5-7-20;/h3-9,21-22H,10-18H2,1-2H3,(H,25,26);1H. The van der Waals surface area contributed by atoms with Crippen molar-refractivity contribution in [2.75, 3.05) is 53.0 Å². The Bertz CT molecular complexity index is 820. The number of ether oxygens (including phenoxy) is 1. The fourth-order valence-electron chi connectivity index (χ4n) is 4.59. The minimum Gasteiger partial charge on any atom is -0.465 e. The maximum absolute atomic E-state index is 6.00. The molecular weight excluding hydrogens is 503 g/mol. The van der Waals surface area contributed by atoms with E-state index in [1.165, 1.54) is 12.0 Å². The van der Waals surface area contributed by atoms with E-state index in [0.29, 0.717) is 5.92 Å². The zero-order valence-electron chi connectivity index (χ0n) is 18.6. The first kappa shape index (κ1) is 24.1. The fraction of sp³-hybridized carbons (Fsp3) is 0.542. The Morgan fingerprint density at radius 2 is 1.90 bits per heavy atom. The first-order chi connectivity index (χ1) is 14.7. The number of rotatable bonds is 6. The lowest BCUT2D eigenvalue weighted by Gasteiger charge is -2.34. The van der Waals surface area contributed by atoms with Crippen molar-refractivity contribution in [1.29, 1.82) is 0 Å². The van der Waals surface area contributed by atoms with Gasteiger partial charge in [0.2, 0.25) is 0 Å². The molecule has 2 atom stereocenters. The molecular formula is C24H35IN4O2. The van der Waals surface area contributed by atoms with Crippen molar-refractivity contribution >= 4 is 29.9 Å². The lowest BCUT2D eigenvalue weighted by atomic mass is 9.99. The number of likely N-dealkylation sites (tertiary alicyclic amines) is 1. The SMILES string of the molecule is CN=C(NCC(c1ccc(C)o1)N1CCOCC1)N1CCC(Cc2ccccc2)C1.I. The zero-order chi connectivity index (χ0) is 20.8. The maximum Gasteiger partial charge on any atom is 0.193 e. The quantitative estimate of drug-likeness (QED) is 0.345. The van der Waals surface area contributed by atoms with Gasteiger partial charge in [-0.25, -0.2) is 0 Å². The maximum atomic E-state index is 6.00. The van der Waals surface area contributed by atoms with Crippen molar-refractivity contribution in [1.82, 2.24) is 15.1 Å². The molecule has 31 heavy (non-hydrogen) atoms. The number of nitrogens with one attached hydrogen (secondary N) is 1. The van der Waals surface area contributed by atoms with E-state index in [4.69, 9.17) is 9.15 Å². The smallest absolute Gasteiger partial charge is 0.193 e. The number of benzene rings is 1. The van der Waals surface area contributed by atoms with Crippen LogP contribution in [-0.2, 0) is 11.2 Å². The molecule has 7 heteroatoms. The molecule has 0 amide bonds. The van der Waals surface area contributed by atoms with Gasteiger partial charge in [0.15, 0.2) is 5.96 Å². The van der Waals surface area contributed by atoms with Gasteiger partial charge in [-0.2, -0.15) is 0 Å². The molecule has 0 aliphatic carbocycles. The summed E-state index contributed by atoms with van der Waals surface area (Å²) in [5.74, 6) is 3.64. The second kappa shape index (κ2) is 11.9. The third kappa shape index (κ3) is 6.46. The summed E-state index contributed by atoms with van der Waals surface area (Å²) in [6, 6.07) is 15.1. The van der Waals surface area contributed by atoms with E-state index >= 15 is 0 Å². The van der Waals surface area contributed by atoms with Gasteiger partial charge >= 0.3 is 0 Å². The zero-order valence-corrected chi connectivity index (χ0v) is 21.0. The molecule has 2 aromatic rings. The van der Waals surface area contributed by atoms with Gasteiger partial charge in [-0.3, -0.25) is 9.89 Å². The van der Waals surface area contributed by atoms with E-state index in [9.17, 15) is 0 Å². The summed E-state index contributed by atoms with van der Waals surface area (Å²) in [4.78, 5) is 9.43. The molecule has 2 saturated heterocycles. The number of furan rings is 1. The van der Waals surface area contributed by atoms with Gasteiger partial charge < -0.3 is 19.4 Å². The van der Waals surface area contributed by atoms with Gasteiger partial charge in [0.1, 0.15) is 11.5 Å². The Morgan fingerprint density at radius 1 is 1.13 bits per heavy atom. The van der Waals surface area contributed by atoms with Crippen molar-refractivity contribution in [3.8, 4) is 0 Å². The topological polar surface area (TPSA) is 53.2 Å². The van der Waals surface area contributed by atoms with Crippen molar-refractivity contribution in [2.24, 2.45) is 10.9 Å². The van der Waals surface area contributed by atoms with E-state index in [0.717, 1.165) is 69.8 Å². The summed E-state index contributed by atoms with van der Waals surface area (Å²) in [7, 11) is 1.88. The molecule has 2 aliphatic rings. The molecule has 2 aliphatic heterocycles. The summed E-state index contributed by atoms with van der Waals surface area (Å²) in [6.45, 7) is 8.29. The summed E-state index contributed by atoms with van der Waals surface area (Å²) >= 11 is 0. The third-order valence-electron chi connectivity index (χ3n) is 6.19. The number of aryl methyl sites for hydroxylation is 1. The van der Waals surface area contributed by atoms with E-state index in [2.05, 4.69) is 56.5 Å². The third-order valence-corrected chi connectivity index (χ3v) is 6.19.